The van der Waals surface area contributed by atoms with E-state index in [1.807, 2.05) is 66.7 Å². The highest BCUT2D eigenvalue weighted by Crippen LogP contribution is 2.39. The molecule has 256 valence electrons. The molecular weight excluding hydrogens is 657 g/mol. The van der Waals surface area contributed by atoms with Crippen LogP contribution in [0.3, 0.4) is 0 Å². The van der Waals surface area contributed by atoms with Crippen molar-refractivity contribution in [3.63, 3.8) is 0 Å². The van der Waals surface area contributed by atoms with Gasteiger partial charge >= 0.3 is 6.97 Å². The predicted octanol–water partition coefficient (Wildman–Crippen LogP) is 11.9. The van der Waals surface area contributed by atoms with Crippen molar-refractivity contribution in [2.24, 2.45) is 4.99 Å². The zero-order valence-corrected chi connectivity index (χ0v) is 29.4. The molecule has 1 aromatic heterocycles. The normalized spacial score (nSPS) is 13.8. The zero-order valence-electron chi connectivity index (χ0n) is 29.4. The van der Waals surface area contributed by atoms with Crippen LogP contribution in [0.15, 0.2) is 175 Å². The van der Waals surface area contributed by atoms with Crippen LogP contribution >= 0.6 is 0 Å². The first-order valence-electron chi connectivity index (χ1n) is 17.8. The molecule has 0 atom stereocenters. The predicted molar refractivity (Wildman–Crippen MR) is 216 cm³/mol. The summed E-state index contributed by atoms with van der Waals surface area (Å²) < 4.78 is 34.6. The van der Waals surface area contributed by atoms with Crippen LogP contribution < -0.4 is 14.2 Å². The molecule has 2 aliphatic rings. The molecular formula is C46H35BF2N4. The van der Waals surface area contributed by atoms with Crippen LogP contribution in [0.5, 0.6) is 0 Å². The maximum absolute atomic E-state index is 16.8. The van der Waals surface area contributed by atoms with Crippen molar-refractivity contribution in [3.05, 3.63) is 187 Å². The molecule has 0 bridgehead atoms. The monoisotopic (exact) mass is 692 g/mol. The standard InChI is InChI=1S/C46H35BF2N4/c1-32-8-21-41(22-9-32)52(42-23-10-33(2)11-24-42)43-25-16-37(17-26-43)40-20-28-45-50-46-29-19-39-30-38(18-27-44(39)53(46)47(48,49)51(45)31-40)36-14-12-35(13-15-36)34-6-4-3-5-7-34/h3-31H,1-2H3. The smallest absolute Gasteiger partial charge is 0.414 e. The number of nitrogens with zero attached hydrogens (tertiary/aromatic N) is 4. The van der Waals surface area contributed by atoms with E-state index in [9.17, 15) is 0 Å². The van der Waals surface area contributed by atoms with Crippen molar-refractivity contribution in [2.45, 2.75) is 13.8 Å². The number of pyridine rings is 1. The highest BCUT2D eigenvalue weighted by Gasteiger charge is 2.51. The van der Waals surface area contributed by atoms with Gasteiger partial charge in [0.15, 0.2) is 0 Å². The van der Waals surface area contributed by atoms with Crippen LogP contribution in [-0.2, 0) is 0 Å². The molecule has 7 aromatic rings. The quantitative estimate of drug-likeness (QED) is 0.162. The van der Waals surface area contributed by atoms with Gasteiger partial charge in [0.2, 0.25) is 5.84 Å². The minimum absolute atomic E-state index is 0.217. The molecule has 0 saturated carbocycles. The number of aromatic nitrogens is 1. The zero-order chi connectivity index (χ0) is 36.1. The molecule has 9 rings (SSSR count). The fourth-order valence-corrected chi connectivity index (χ4v) is 7.26. The molecule has 6 aromatic carbocycles. The van der Waals surface area contributed by atoms with Gasteiger partial charge in [-0.05, 0) is 113 Å². The van der Waals surface area contributed by atoms with E-state index in [2.05, 4.69) is 109 Å². The van der Waals surface area contributed by atoms with Crippen LogP contribution in [0.25, 0.3) is 39.5 Å². The fraction of sp³-hybridized carbons (Fsp3) is 0.0435. The summed E-state index contributed by atoms with van der Waals surface area (Å²) in [4.78, 5) is 7.97. The number of anilines is 4. The summed E-state index contributed by atoms with van der Waals surface area (Å²) in [6.07, 6.45) is 5.09. The van der Waals surface area contributed by atoms with Crippen LogP contribution in [0, 0.1) is 13.8 Å². The van der Waals surface area contributed by atoms with Crippen molar-refractivity contribution in [3.8, 4) is 33.4 Å². The number of aryl methyl sites for hydroxylation is 2. The SMILES string of the molecule is Cc1ccc(N(c2ccc(C)cc2)c2ccc(-c3ccc4[n+](c3)[B-](F)(F)N3C(=N4)C=Cc4cc(-c5ccc(-c6ccccc6)cc5)ccc43)cc2)cc1. The van der Waals surface area contributed by atoms with Crippen molar-refractivity contribution in [1.29, 1.82) is 0 Å². The summed E-state index contributed by atoms with van der Waals surface area (Å²) in [7, 11) is 0. The lowest BCUT2D eigenvalue weighted by atomic mass is 9.85. The number of benzene rings is 6. The van der Waals surface area contributed by atoms with Gasteiger partial charge in [0.05, 0.1) is 6.20 Å². The van der Waals surface area contributed by atoms with Crippen molar-refractivity contribution in [1.82, 2.24) is 0 Å². The van der Waals surface area contributed by atoms with Crippen molar-refractivity contribution >= 4 is 47.4 Å². The molecule has 2 aliphatic heterocycles. The Balaban J connectivity index is 1.02. The maximum Gasteiger partial charge on any atom is 0.642 e. The molecule has 0 fully saturated rings. The van der Waals surface area contributed by atoms with Gasteiger partial charge in [-0.15, -0.1) is 0 Å². The van der Waals surface area contributed by atoms with E-state index in [0.717, 1.165) is 59.7 Å². The molecule has 53 heavy (non-hydrogen) atoms. The van der Waals surface area contributed by atoms with Gasteiger partial charge in [0, 0.05) is 40.5 Å². The summed E-state index contributed by atoms with van der Waals surface area (Å²) in [5, 5.41) is 0. The van der Waals surface area contributed by atoms with Gasteiger partial charge in [-0.3, -0.25) is 0 Å². The highest BCUT2D eigenvalue weighted by atomic mass is 19.2. The van der Waals surface area contributed by atoms with Crippen LogP contribution in [-0.4, -0.2) is 12.8 Å². The van der Waals surface area contributed by atoms with E-state index in [0.29, 0.717) is 11.3 Å². The minimum Gasteiger partial charge on any atom is -0.414 e. The first kappa shape index (κ1) is 32.3. The lowest BCUT2D eigenvalue weighted by Gasteiger charge is -2.41. The van der Waals surface area contributed by atoms with Crippen molar-refractivity contribution in [2.75, 3.05) is 9.71 Å². The second-order valence-electron chi connectivity index (χ2n) is 13.7. The Morgan fingerprint density at radius 2 is 1.02 bits per heavy atom. The number of fused-ring (bicyclic) bond motifs is 4. The Bertz CT molecular complexity index is 2480. The number of hydrogen-bond acceptors (Lipinski definition) is 3. The van der Waals surface area contributed by atoms with Gasteiger partial charge in [0.1, 0.15) is 0 Å². The molecule has 0 spiro atoms. The summed E-state index contributed by atoms with van der Waals surface area (Å²) >= 11 is 0. The number of halogens is 2. The number of rotatable bonds is 6. The Labute approximate surface area is 308 Å². The Morgan fingerprint density at radius 1 is 0.528 bits per heavy atom. The van der Waals surface area contributed by atoms with E-state index < -0.39 is 6.97 Å². The molecule has 0 radical (unpaired) electrons. The fourth-order valence-electron chi connectivity index (χ4n) is 7.26. The third-order valence-corrected chi connectivity index (χ3v) is 10.1. The second kappa shape index (κ2) is 12.9. The van der Waals surface area contributed by atoms with Crippen LogP contribution in [0.1, 0.15) is 16.7 Å². The topological polar surface area (TPSA) is 22.7 Å². The molecule has 4 nitrogen and oxygen atoms in total. The van der Waals surface area contributed by atoms with Crippen LogP contribution in [0.4, 0.5) is 37.2 Å². The molecule has 0 amide bonds. The van der Waals surface area contributed by atoms with E-state index in [4.69, 9.17) is 0 Å². The number of aliphatic imine (C=N–C) groups is 1. The average molecular weight is 693 g/mol. The summed E-state index contributed by atoms with van der Waals surface area (Å²) in [6.45, 7) is -0.107. The van der Waals surface area contributed by atoms with E-state index >= 15 is 8.63 Å². The molecule has 0 N–H and O–H groups in total. The molecule has 0 unspecified atom stereocenters. The maximum atomic E-state index is 16.8. The Hall–Kier alpha value is -6.60. The highest BCUT2D eigenvalue weighted by molar-refractivity contribution is 6.68. The lowest BCUT2D eigenvalue weighted by molar-refractivity contribution is -0.552. The van der Waals surface area contributed by atoms with E-state index in [1.165, 1.54) is 17.3 Å². The molecule has 0 saturated heterocycles. The van der Waals surface area contributed by atoms with Gasteiger partial charge in [-0.25, -0.2) is 0 Å². The van der Waals surface area contributed by atoms with Crippen molar-refractivity contribution < 1.29 is 13.1 Å². The Morgan fingerprint density at radius 3 is 1.64 bits per heavy atom. The average Bonchev–Trinajstić information content (AvgIpc) is 3.19. The summed E-state index contributed by atoms with van der Waals surface area (Å²) in [6, 6.07) is 52.7. The summed E-state index contributed by atoms with van der Waals surface area (Å²) in [5.74, 6) is 0.446. The first-order chi connectivity index (χ1) is 25.8. The molecule has 0 aliphatic carbocycles. The number of hydrogen-bond donors (Lipinski definition) is 0. The van der Waals surface area contributed by atoms with Gasteiger partial charge < -0.3 is 22.8 Å². The largest absolute Gasteiger partial charge is 0.642 e. The number of amidine groups is 1. The minimum atomic E-state index is -4.26. The summed E-state index contributed by atoms with van der Waals surface area (Å²) in [5.41, 5.74) is 12.3. The second-order valence-corrected chi connectivity index (χ2v) is 13.7. The van der Waals surface area contributed by atoms with Gasteiger partial charge in [0.25, 0.3) is 5.82 Å². The lowest BCUT2D eigenvalue weighted by Crippen LogP contribution is -2.73. The third-order valence-electron chi connectivity index (χ3n) is 10.1. The molecule has 3 heterocycles. The van der Waals surface area contributed by atoms with E-state index in [-0.39, 0.29) is 11.7 Å². The molecule has 7 heteroatoms. The third kappa shape index (κ3) is 5.90. The van der Waals surface area contributed by atoms with Crippen LogP contribution in [0.2, 0.25) is 0 Å². The van der Waals surface area contributed by atoms with Gasteiger partial charge in [-0.1, -0.05) is 108 Å². The van der Waals surface area contributed by atoms with E-state index in [1.54, 1.807) is 18.2 Å². The Kier molecular flexibility index (Phi) is 7.85. The van der Waals surface area contributed by atoms with Gasteiger partial charge in [-0.2, -0.15) is 0 Å². The first-order valence-corrected chi connectivity index (χ1v) is 17.8.